The molecule has 1 atom stereocenters. The monoisotopic (exact) mass is 433 g/mol. The highest BCUT2D eigenvalue weighted by Gasteiger charge is 2.33. The molecule has 0 radical (unpaired) electrons. The molecule has 1 amide bonds. The van der Waals surface area contributed by atoms with Crippen LogP contribution in [0.4, 0.5) is 9.52 Å². The van der Waals surface area contributed by atoms with Crippen LogP contribution in [0.5, 0.6) is 0 Å². The number of halogens is 1. The van der Waals surface area contributed by atoms with E-state index >= 15 is 0 Å². The Balaban J connectivity index is 1.48. The quantitative estimate of drug-likeness (QED) is 0.679. The molecule has 1 aliphatic heterocycles. The molecule has 2 aromatic carbocycles. The predicted molar refractivity (Wildman–Crippen MR) is 111 cm³/mol. The molecule has 0 aliphatic carbocycles. The van der Waals surface area contributed by atoms with Gasteiger partial charge in [0.25, 0.3) is 0 Å². The lowest BCUT2D eigenvalue weighted by atomic mass is 9.99. The van der Waals surface area contributed by atoms with Crippen molar-refractivity contribution in [3.8, 4) is 0 Å². The van der Waals surface area contributed by atoms with Crippen LogP contribution in [-0.4, -0.2) is 36.7 Å². The lowest BCUT2D eigenvalue weighted by Gasteiger charge is -2.31. The Kier molecular flexibility index (Phi) is 5.37. The van der Waals surface area contributed by atoms with Crippen LogP contribution in [-0.2, 0) is 14.8 Å². The molecular weight excluding hydrogens is 413 g/mol. The zero-order valence-electron chi connectivity index (χ0n) is 15.8. The van der Waals surface area contributed by atoms with Crippen molar-refractivity contribution in [2.75, 3.05) is 18.4 Å². The van der Waals surface area contributed by atoms with Crippen molar-refractivity contribution in [2.24, 2.45) is 5.92 Å². The summed E-state index contributed by atoms with van der Waals surface area (Å²) in [7, 11) is -3.77. The van der Waals surface area contributed by atoms with Crippen molar-refractivity contribution in [1.29, 1.82) is 0 Å². The first-order chi connectivity index (χ1) is 13.8. The van der Waals surface area contributed by atoms with Crippen LogP contribution in [0.25, 0.3) is 10.2 Å². The van der Waals surface area contributed by atoms with Crippen molar-refractivity contribution in [2.45, 2.75) is 24.7 Å². The van der Waals surface area contributed by atoms with E-state index in [0.29, 0.717) is 24.5 Å². The molecule has 1 aromatic heterocycles. The molecule has 4 rings (SSSR count). The molecule has 1 unspecified atom stereocenters. The predicted octanol–water partition coefficient (Wildman–Crippen LogP) is 3.78. The first kappa shape index (κ1) is 19.9. The van der Waals surface area contributed by atoms with Crippen LogP contribution < -0.4 is 5.32 Å². The van der Waals surface area contributed by atoms with Gasteiger partial charge in [-0.05, 0) is 61.7 Å². The van der Waals surface area contributed by atoms with Gasteiger partial charge in [-0.2, -0.15) is 4.31 Å². The molecule has 152 valence electrons. The second-order valence-corrected chi connectivity index (χ2v) is 10.1. The number of piperidine rings is 1. The van der Waals surface area contributed by atoms with Gasteiger partial charge in [0, 0.05) is 13.1 Å². The number of nitrogens with one attached hydrogen (secondary N) is 1. The summed E-state index contributed by atoms with van der Waals surface area (Å²) in [5, 5.41) is 3.35. The number of amides is 1. The largest absolute Gasteiger partial charge is 0.302 e. The van der Waals surface area contributed by atoms with Crippen molar-refractivity contribution in [3.05, 3.63) is 53.8 Å². The minimum atomic E-state index is -3.77. The minimum Gasteiger partial charge on any atom is -0.302 e. The fraction of sp³-hybridized carbons (Fsp3) is 0.300. The Morgan fingerprint density at radius 2 is 2.00 bits per heavy atom. The second-order valence-electron chi connectivity index (χ2n) is 7.14. The maximum absolute atomic E-state index is 13.1. The molecule has 0 bridgehead atoms. The van der Waals surface area contributed by atoms with Crippen LogP contribution in [0.1, 0.15) is 18.4 Å². The Morgan fingerprint density at radius 1 is 1.24 bits per heavy atom. The van der Waals surface area contributed by atoms with E-state index in [1.165, 1.54) is 27.8 Å². The van der Waals surface area contributed by atoms with Gasteiger partial charge in [-0.25, -0.2) is 17.8 Å². The lowest BCUT2D eigenvalue weighted by Crippen LogP contribution is -2.43. The van der Waals surface area contributed by atoms with Gasteiger partial charge < -0.3 is 5.32 Å². The zero-order valence-corrected chi connectivity index (χ0v) is 17.4. The van der Waals surface area contributed by atoms with Gasteiger partial charge in [0.15, 0.2) is 5.13 Å². The Labute approximate surface area is 172 Å². The average Bonchev–Trinajstić information content (AvgIpc) is 3.09. The number of thiazole rings is 1. The van der Waals surface area contributed by atoms with E-state index in [-0.39, 0.29) is 17.3 Å². The highest BCUT2D eigenvalue weighted by molar-refractivity contribution is 7.89. The van der Waals surface area contributed by atoms with Crippen molar-refractivity contribution < 1.29 is 17.6 Å². The number of aryl methyl sites for hydroxylation is 1. The third-order valence-electron chi connectivity index (χ3n) is 4.98. The molecular formula is C20H20FN3O3S2. The molecule has 1 aliphatic rings. The normalized spacial score (nSPS) is 18.1. The maximum atomic E-state index is 13.1. The molecule has 3 aromatic rings. The van der Waals surface area contributed by atoms with E-state index in [1.807, 2.05) is 25.1 Å². The number of sulfonamides is 1. The van der Waals surface area contributed by atoms with E-state index in [0.717, 1.165) is 27.9 Å². The summed E-state index contributed by atoms with van der Waals surface area (Å²) in [4.78, 5) is 17.2. The number of fused-ring (bicyclic) bond motifs is 1. The SMILES string of the molecule is Cc1ccc2nc(NC(=O)C3CCCN(S(=O)(=O)c4ccc(F)cc4)C3)sc2c1. The van der Waals surface area contributed by atoms with Crippen LogP contribution in [0, 0.1) is 18.7 Å². The minimum absolute atomic E-state index is 0.0292. The molecule has 29 heavy (non-hydrogen) atoms. The molecule has 1 saturated heterocycles. The van der Waals surface area contributed by atoms with Crippen molar-refractivity contribution in [3.63, 3.8) is 0 Å². The Hall–Kier alpha value is -2.36. The number of anilines is 1. The first-order valence-corrected chi connectivity index (χ1v) is 11.5. The fourth-order valence-corrected chi connectivity index (χ4v) is 5.91. The van der Waals surface area contributed by atoms with Gasteiger partial charge in [0.2, 0.25) is 15.9 Å². The van der Waals surface area contributed by atoms with Crippen LogP contribution >= 0.6 is 11.3 Å². The molecule has 6 nitrogen and oxygen atoms in total. The van der Waals surface area contributed by atoms with Gasteiger partial charge in [-0.3, -0.25) is 4.79 Å². The van der Waals surface area contributed by atoms with E-state index in [2.05, 4.69) is 10.3 Å². The highest BCUT2D eigenvalue weighted by Crippen LogP contribution is 2.29. The number of carbonyl (C=O) groups is 1. The summed E-state index contributed by atoms with van der Waals surface area (Å²) in [5.41, 5.74) is 1.94. The third kappa shape index (κ3) is 4.17. The molecule has 2 heterocycles. The first-order valence-electron chi connectivity index (χ1n) is 9.27. The van der Waals surface area contributed by atoms with Gasteiger partial charge in [0.05, 0.1) is 21.0 Å². The number of benzene rings is 2. The number of rotatable bonds is 4. The fourth-order valence-electron chi connectivity index (χ4n) is 3.42. The van der Waals surface area contributed by atoms with E-state index in [4.69, 9.17) is 0 Å². The summed E-state index contributed by atoms with van der Waals surface area (Å²) in [6, 6.07) is 10.6. The van der Waals surface area contributed by atoms with Crippen LogP contribution in [0.2, 0.25) is 0 Å². The molecule has 1 N–H and O–H groups in total. The number of nitrogens with zero attached hydrogens (tertiary/aromatic N) is 2. The summed E-state index contributed by atoms with van der Waals surface area (Å²) < 4.78 is 41.1. The van der Waals surface area contributed by atoms with Crippen LogP contribution in [0.3, 0.4) is 0 Å². The topological polar surface area (TPSA) is 79.4 Å². The lowest BCUT2D eigenvalue weighted by molar-refractivity contribution is -0.120. The van der Waals surface area contributed by atoms with Crippen molar-refractivity contribution in [1.82, 2.24) is 9.29 Å². The zero-order chi connectivity index (χ0) is 20.6. The van der Waals surface area contributed by atoms with Gasteiger partial charge in [-0.1, -0.05) is 17.4 Å². The standard InChI is InChI=1S/C20H20FN3O3S2/c1-13-4-9-17-18(11-13)28-20(22-17)23-19(25)14-3-2-10-24(12-14)29(26,27)16-7-5-15(21)6-8-16/h4-9,11,14H,2-3,10,12H2,1H3,(H,22,23,25). The molecule has 0 spiro atoms. The summed E-state index contributed by atoms with van der Waals surface area (Å²) in [5.74, 6) is -1.20. The molecule has 1 fully saturated rings. The number of hydrogen-bond donors (Lipinski definition) is 1. The van der Waals surface area contributed by atoms with E-state index < -0.39 is 21.8 Å². The maximum Gasteiger partial charge on any atom is 0.243 e. The van der Waals surface area contributed by atoms with Gasteiger partial charge in [-0.15, -0.1) is 0 Å². The summed E-state index contributed by atoms with van der Waals surface area (Å²) in [6.07, 6.45) is 1.18. The smallest absolute Gasteiger partial charge is 0.243 e. The van der Waals surface area contributed by atoms with Gasteiger partial charge in [0.1, 0.15) is 5.82 Å². The second kappa shape index (κ2) is 7.81. The van der Waals surface area contributed by atoms with Crippen LogP contribution in [0.15, 0.2) is 47.4 Å². The van der Waals surface area contributed by atoms with E-state index in [1.54, 1.807) is 0 Å². The Bertz CT molecular complexity index is 1160. The third-order valence-corrected chi connectivity index (χ3v) is 7.79. The molecule has 9 heteroatoms. The highest BCUT2D eigenvalue weighted by atomic mass is 32.2. The number of hydrogen-bond acceptors (Lipinski definition) is 5. The Morgan fingerprint density at radius 3 is 2.76 bits per heavy atom. The summed E-state index contributed by atoms with van der Waals surface area (Å²) in [6.45, 7) is 2.43. The van der Waals surface area contributed by atoms with Gasteiger partial charge >= 0.3 is 0 Å². The average molecular weight is 434 g/mol. The number of aromatic nitrogens is 1. The van der Waals surface area contributed by atoms with Crippen molar-refractivity contribution >= 4 is 42.6 Å². The number of carbonyl (C=O) groups excluding carboxylic acids is 1. The summed E-state index contributed by atoms with van der Waals surface area (Å²) >= 11 is 1.40. The van der Waals surface area contributed by atoms with E-state index in [9.17, 15) is 17.6 Å². The molecule has 0 saturated carbocycles.